The molecule has 0 aliphatic heterocycles. The Morgan fingerprint density at radius 1 is 1.16 bits per heavy atom. The fourth-order valence-corrected chi connectivity index (χ4v) is 2.51. The molecule has 2 rings (SSSR count). The van der Waals surface area contributed by atoms with Gasteiger partial charge >= 0.3 is 0 Å². The van der Waals surface area contributed by atoms with Crippen LogP contribution in [0.2, 0.25) is 0 Å². The minimum absolute atomic E-state index is 0.146. The first kappa shape index (κ1) is 19.1. The Morgan fingerprint density at radius 2 is 1.96 bits per heavy atom. The number of thiocarbonyl (C=S) groups is 1. The van der Waals surface area contributed by atoms with Crippen molar-refractivity contribution in [3.63, 3.8) is 0 Å². The van der Waals surface area contributed by atoms with Crippen LogP contribution < -0.4 is 15.4 Å². The lowest BCUT2D eigenvalue weighted by molar-refractivity contribution is 0.242. The molecule has 0 radical (unpaired) electrons. The van der Waals surface area contributed by atoms with Crippen LogP contribution >= 0.6 is 12.2 Å². The van der Waals surface area contributed by atoms with E-state index in [-0.39, 0.29) is 11.8 Å². The first-order valence-electron chi connectivity index (χ1n) is 8.19. The van der Waals surface area contributed by atoms with E-state index < -0.39 is 11.6 Å². The molecule has 3 nitrogen and oxygen atoms in total. The zero-order valence-corrected chi connectivity index (χ0v) is 15.1. The Balaban J connectivity index is 1.74. The second-order valence-electron chi connectivity index (χ2n) is 5.92. The van der Waals surface area contributed by atoms with Gasteiger partial charge in [0.05, 0.1) is 11.8 Å². The number of nitrogens with one attached hydrogen (secondary N) is 2. The van der Waals surface area contributed by atoms with E-state index in [1.165, 1.54) is 17.7 Å². The molecule has 0 unspecified atom stereocenters. The number of ether oxygens (including phenoxy) is 1. The molecule has 2 aromatic rings. The molecule has 0 heterocycles. The Kier molecular flexibility index (Phi) is 7.13. The highest BCUT2D eigenvalue weighted by Gasteiger charge is 2.05. The number of anilines is 1. The summed E-state index contributed by atoms with van der Waals surface area (Å²) in [5, 5.41) is 6.05. The summed E-state index contributed by atoms with van der Waals surface area (Å²) in [5.41, 5.74) is 1.33. The lowest BCUT2D eigenvalue weighted by atomic mass is 10.1. The van der Waals surface area contributed by atoms with Crippen molar-refractivity contribution in [2.45, 2.75) is 32.8 Å². The molecule has 0 amide bonds. The molecule has 25 heavy (non-hydrogen) atoms. The summed E-state index contributed by atoms with van der Waals surface area (Å²) < 4.78 is 32.1. The summed E-state index contributed by atoms with van der Waals surface area (Å²) in [4.78, 5) is 0. The van der Waals surface area contributed by atoms with Crippen LogP contribution in [0.15, 0.2) is 42.5 Å². The van der Waals surface area contributed by atoms with Crippen LogP contribution in [0.5, 0.6) is 5.75 Å². The van der Waals surface area contributed by atoms with Crippen LogP contribution in [-0.4, -0.2) is 17.8 Å². The van der Waals surface area contributed by atoms with Gasteiger partial charge in [-0.1, -0.05) is 12.1 Å². The number of hydrogen-bond donors (Lipinski definition) is 2. The quantitative estimate of drug-likeness (QED) is 0.552. The lowest BCUT2D eigenvalue weighted by Crippen LogP contribution is -2.29. The van der Waals surface area contributed by atoms with Crippen molar-refractivity contribution in [1.29, 1.82) is 0 Å². The molecule has 6 heteroatoms. The molecule has 2 aromatic carbocycles. The number of aryl methyl sites for hydroxylation is 1. The van der Waals surface area contributed by atoms with Gasteiger partial charge < -0.3 is 15.4 Å². The summed E-state index contributed by atoms with van der Waals surface area (Å²) >= 11 is 5.12. The summed E-state index contributed by atoms with van der Waals surface area (Å²) in [5.74, 6) is -0.429. The van der Waals surface area contributed by atoms with Crippen molar-refractivity contribution in [2.24, 2.45) is 0 Å². The predicted molar refractivity (Wildman–Crippen MR) is 101 cm³/mol. The summed E-state index contributed by atoms with van der Waals surface area (Å²) in [6.45, 7) is 4.63. The first-order chi connectivity index (χ1) is 11.9. The Labute approximate surface area is 152 Å². The average Bonchev–Trinajstić information content (AvgIpc) is 2.54. The monoisotopic (exact) mass is 364 g/mol. The second kappa shape index (κ2) is 9.32. The number of benzene rings is 2. The van der Waals surface area contributed by atoms with Gasteiger partial charge in [0.1, 0.15) is 17.4 Å². The normalized spacial score (nSPS) is 10.6. The molecular formula is C19H22F2N2OS. The molecule has 0 aliphatic rings. The van der Waals surface area contributed by atoms with E-state index >= 15 is 0 Å². The zero-order chi connectivity index (χ0) is 18.2. The van der Waals surface area contributed by atoms with Gasteiger partial charge in [-0.15, -0.1) is 0 Å². The fraction of sp³-hybridized carbons (Fsp3) is 0.316. The van der Waals surface area contributed by atoms with E-state index in [1.807, 2.05) is 32.0 Å². The molecule has 0 bridgehead atoms. The van der Waals surface area contributed by atoms with Gasteiger partial charge in [0, 0.05) is 12.6 Å². The molecule has 0 fully saturated rings. The van der Waals surface area contributed by atoms with Crippen molar-refractivity contribution in [2.75, 3.05) is 11.9 Å². The van der Waals surface area contributed by atoms with E-state index in [1.54, 1.807) is 0 Å². The SMILES string of the molecule is CC(C)Oc1cccc(CCCNC(=S)Nc2ccc(F)cc2F)c1. The highest BCUT2D eigenvalue weighted by molar-refractivity contribution is 7.80. The van der Waals surface area contributed by atoms with E-state index in [0.29, 0.717) is 11.7 Å². The molecule has 0 aliphatic carbocycles. The fourth-order valence-electron chi connectivity index (χ4n) is 2.30. The van der Waals surface area contributed by atoms with Gasteiger partial charge in [0.2, 0.25) is 0 Å². The minimum Gasteiger partial charge on any atom is -0.491 e. The van der Waals surface area contributed by atoms with E-state index in [0.717, 1.165) is 24.7 Å². The van der Waals surface area contributed by atoms with Gasteiger partial charge in [0.25, 0.3) is 0 Å². The Morgan fingerprint density at radius 3 is 2.68 bits per heavy atom. The van der Waals surface area contributed by atoms with Crippen molar-refractivity contribution in [3.8, 4) is 5.75 Å². The summed E-state index contributed by atoms with van der Waals surface area (Å²) in [7, 11) is 0. The molecule has 0 spiro atoms. The van der Waals surface area contributed by atoms with Gasteiger partial charge in [-0.05, 0) is 68.7 Å². The van der Waals surface area contributed by atoms with Gasteiger partial charge in [-0.25, -0.2) is 8.78 Å². The van der Waals surface area contributed by atoms with Crippen molar-refractivity contribution in [3.05, 3.63) is 59.7 Å². The maximum Gasteiger partial charge on any atom is 0.170 e. The highest BCUT2D eigenvalue weighted by Crippen LogP contribution is 2.16. The van der Waals surface area contributed by atoms with Crippen LogP contribution in [0.3, 0.4) is 0 Å². The van der Waals surface area contributed by atoms with Crippen molar-refractivity contribution >= 4 is 23.0 Å². The van der Waals surface area contributed by atoms with Crippen LogP contribution in [0.25, 0.3) is 0 Å². The maximum absolute atomic E-state index is 13.5. The largest absolute Gasteiger partial charge is 0.491 e. The lowest BCUT2D eigenvalue weighted by Gasteiger charge is -2.12. The second-order valence-corrected chi connectivity index (χ2v) is 6.33. The van der Waals surface area contributed by atoms with Gasteiger partial charge in [-0.3, -0.25) is 0 Å². The maximum atomic E-state index is 13.5. The molecular weight excluding hydrogens is 342 g/mol. The molecule has 0 saturated carbocycles. The average molecular weight is 364 g/mol. The number of rotatable bonds is 7. The van der Waals surface area contributed by atoms with Gasteiger partial charge in [-0.2, -0.15) is 0 Å². The molecule has 2 N–H and O–H groups in total. The summed E-state index contributed by atoms with van der Waals surface area (Å²) in [6.07, 6.45) is 1.88. The van der Waals surface area contributed by atoms with Gasteiger partial charge in [0.15, 0.2) is 5.11 Å². The van der Waals surface area contributed by atoms with Crippen LogP contribution in [0.1, 0.15) is 25.8 Å². The van der Waals surface area contributed by atoms with Crippen LogP contribution in [0, 0.1) is 11.6 Å². The first-order valence-corrected chi connectivity index (χ1v) is 8.60. The third kappa shape index (κ3) is 6.66. The molecule has 0 saturated heterocycles. The third-order valence-corrected chi connectivity index (χ3v) is 3.62. The third-order valence-electron chi connectivity index (χ3n) is 3.38. The smallest absolute Gasteiger partial charge is 0.170 e. The molecule has 0 atom stereocenters. The highest BCUT2D eigenvalue weighted by atomic mass is 32.1. The van der Waals surface area contributed by atoms with Crippen LogP contribution in [0.4, 0.5) is 14.5 Å². The number of halogens is 2. The van der Waals surface area contributed by atoms with E-state index in [2.05, 4.69) is 16.7 Å². The molecule has 0 aromatic heterocycles. The number of hydrogen-bond acceptors (Lipinski definition) is 2. The van der Waals surface area contributed by atoms with Crippen LogP contribution in [-0.2, 0) is 6.42 Å². The molecule has 134 valence electrons. The van der Waals surface area contributed by atoms with E-state index in [4.69, 9.17) is 17.0 Å². The Hall–Kier alpha value is -2.21. The van der Waals surface area contributed by atoms with Crippen molar-refractivity contribution in [1.82, 2.24) is 5.32 Å². The standard InChI is InChI=1S/C19H22F2N2OS/c1-13(2)24-16-7-3-5-14(11-16)6-4-10-22-19(25)23-18-9-8-15(20)12-17(18)21/h3,5,7-9,11-13H,4,6,10H2,1-2H3,(H2,22,23,25). The summed E-state index contributed by atoms with van der Waals surface area (Å²) in [6, 6.07) is 11.3. The topological polar surface area (TPSA) is 33.3 Å². The Bertz CT molecular complexity index is 722. The van der Waals surface area contributed by atoms with Crippen molar-refractivity contribution < 1.29 is 13.5 Å². The van der Waals surface area contributed by atoms with E-state index in [9.17, 15) is 8.78 Å². The predicted octanol–water partition coefficient (Wildman–Crippen LogP) is 4.67. The minimum atomic E-state index is -0.675. The zero-order valence-electron chi connectivity index (χ0n) is 14.3.